The normalized spacial score (nSPS) is 20.6. The summed E-state index contributed by atoms with van der Waals surface area (Å²) in [6.07, 6.45) is -5.85. The second-order valence-electron chi connectivity index (χ2n) is 13.9. The number of para-hydroxylation sites is 1. The Balaban J connectivity index is 1.48. The molecule has 288 valence electrons. The Hall–Kier alpha value is -4.14. The molecule has 8 nitrogen and oxygen atoms in total. The summed E-state index contributed by atoms with van der Waals surface area (Å²) in [6, 6.07) is 9.11. The van der Waals surface area contributed by atoms with E-state index in [9.17, 15) is 40.7 Å². The molecule has 2 atom stereocenters. The largest absolute Gasteiger partial charge is 0.493 e. The van der Waals surface area contributed by atoms with Crippen LogP contribution in [0.5, 0.6) is 11.5 Å². The molecule has 53 heavy (non-hydrogen) atoms. The van der Waals surface area contributed by atoms with Gasteiger partial charge in [-0.3, -0.25) is 14.6 Å². The van der Waals surface area contributed by atoms with Crippen LogP contribution in [0.15, 0.2) is 54.0 Å². The van der Waals surface area contributed by atoms with Crippen molar-refractivity contribution >= 4 is 28.9 Å². The Morgan fingerprint density at radius 1 is 0.981 bits per heavy atom. The van der Waals surface area contributed by atoms with Crippen molar-refractivity contribution in [3.05, 3.63) is 75.7 Å². The number of piperidine rings is 2. The van der Waals surface area contributed by atoms with Gasteiger partial charge >= 0.3 is 12.4 Å². The van der Waals surface area contributed by atoms with Crippen molar-refractivity contribution in [3.8, 4) is 11.5 Å². The van der Waals surface area contributed by atoms with Gasteiger partial charge in [-0.15, -0.1) is 11.3 Å². The average molecular weight is 768 g/mol. The summed E-state index contributed by atoms with van der Waals surface area (Å²) in [5.41, 5.74) is -3.44. The number of benzene rings is 1. The van der Waals surface area contributed by atoms with Crippen LogP contribution in [0.4, 0.5) is 26.3 Å². The standard InChI is InChI=1S/C38H43F6N3O5S/c1-4-10-30-36(52-26-23-31(53-24-26)38(42,43)44,15-9-19-47(30)33(49)32-28(37(39,40)41)13-7-18-45-32)34(50)46-20-16-35(3,17-21-46)27-12-5-6-14-29(27)51-22-8-11-25(2)48/h5-7,12-14,18,23-24,30H,4,8-11,15-17,19-22H2,1-3H3/t30-,36+/m1/s1. The zero-order valence-corrected chi connectivity index (χ0v) is 30.6. The third-order valence-electron chi connectivity index (χ3n) is 10.1. The lowest BCUT2D eigenvalue weighted by Gasteiger charge is -2.51. The van der Waals surface area contributed by atoms with E-state index in [0.717, 1.165) is 35.3 Å². The molecule has 2 saturated heterocycles. The number of pyridine rings is 1. The van der Waals surface area contributed by atoms with Crippen LogP contribution in [0.25, 0.3) is 0 Å². The van der Waals surface area contributed by atoms with Crippen molar-refractivity contribution in [1.29, 1.82) is 0 Å². The highest BCUT2D eigenvalue weighted by atomic mass is 32.1. The molecule has 15 heteroatoms. The van der Waals surface area contributed by atoms with Gasteiger partial charge in [-0.1, -0.05) is 38.5 Å². The van der Waals surface area contributed by atoms with E-state index < -0.39 is 57.4 Å². The number of likely N-dealkylation sites (tertiary alicyclic amines) is 2. The monoisotopic (exact) mass is 767 g/mol. The van der Waals surface area contributed by atoms with Crippen molar-refractivity contribution in [3.63, 3.8) is 0 Å². The van der Waals surface area contributed by atoms with Crippen LogP contribution in [-0.2, 0) is 27.4 Å². The molecule has 0 bridgehead atoms. The summed E-state index contributed by atoms with van der Waals surface area (Å²) in [4.78, 5) is 46.0. The van der Waals surface area contributed by atoms with E-state index in [-0.39, 0.29) is 50.4 Å². The average Bonchev–Trinajstić information content (AvgIpc) is 3.60. The fourth-order valence-corrected chi connectivity index (χ4v) is 8.09. The lowest BCUT2D eigenvalue weighted by Crippen LogP contribution is -2.68. The number of ketones is 1. The van der Waals surface area contributed by atoms with Crippen molar-refractivity contribution < 1.29 is 50.2 Å². The first-order chi connectivity index (χ1) is 25.0. The Morgan fingerprint density at radius 2 is 1.70 bits per heavy atom. The zero-order chi connectivity index (χ0) is 38.6. The summed E-state index contributed by atoms with van der Waals surface area (Å²) in [5.74, 6) is -1.04. The fourth-order valence-electron chi connectivity index (χ4n) is 7.41. The van der Waals surface area contributed by atoms with E-state index in [2.05, 4.69) is 11.9 Å². The SMILES string of the molecule is CCC[C@H]1N(C(=O)c2ncccc2C(F)(F)F)CCC[C@@]1(Oc1csc(C(F)(F)F)c1)C(=O)N1CCC(C)(c2ccccc2OCCCC(C)=O)CC1. The molecular weight excluding hydrogens is 724 g/mol. The number of Topliss-reactive ketones (excluding diaryl/α,β-unsaturated/α-hetero) is 1. The maximum Gasteiger partial charge on any atom is 0.425 e. The highest BCUT2D eigenvalue weighted by Gasteiger charge is 2.56. The molecule has 2 aliphatic rings. The van der Waals surface area contributed by atoms with Crippen molar-refractivity contribution in [2.24, 2.45) is 0 Å². The van der Waals surface area contributed by atoms with E-state index in [1.807, 2.05) is 24.3 Å². The number of hydrogen-bond acceptors (Lipinski definition) is 7. The second-order valence-corrected chi connectivity index (χ2v) is 14.9. The van der Waals surface area contributed by atoms with Crippen LogP contribution in [0.1, 0.15) is 98.6 Å². The van der Waals surface area contributed by atoms with Crippen molar-refractivity contribution in [2.45, 2.75) is 102 Å². The summed E-state index contributed by atoms with van der Waals surface area (Å²) in [7, 11) is 0. The minimum atomic E-state index is -4.89. The van der Waals surface area contributed by atoms with E-state index >= 15 is 0 Å². The van der Waals surface area contributed by atoms with Crippen LogP contribution in [0.2, 0.25) is 0 Å². The highest BCUT2D eigenvalue weighted by Crippen LogP contribution is 2.45. The lowest BCUT2D eigenvalue weighted by molar-refractivity contribution is -0.161. The third-order valence-corrected chi connectivity index (χ3v) is 11.1. The van der Waals surface area contributed by atoms with E-state index in [0.29, 0.717) is 55.8 Å². The summed E-state index contributed by atoms with van der Waals surface area (Å²) in [6.45, 7) is 6.20. The molecule has 4 heterocycles. The molecule has 0 N–H and O–H groups in total. The molecule has 2 fully saturated rings. The topological polar surface area (TPSA) is 89.0 Å². The van der Waals surface area contributed by atoms with Gasteiger partial charge in [0.05, 0.1) is 18.2 Å². The quantitative estimate of drug-likeness (QED) is 0.135. The molecule has 2 amide bonds. The molecule has 2 aromatic heterocycles. The Morgan fingerprint density at radius 3 is 2.34 bits per heavy atom. The predicted octanol–water partition coefficient (Wildman–Crippen LogP) is 8.73. The first kappa shape index (κ1) is 40.1. The smallest absolute Gasteiger partial charge is 0.425 e. The number of halogens is 6. The molecule has 5 rings (SSSR count). The van der Waals surface area contributed by atoms with Crippen LogP contribution >= 0.6 is 11.3 Å². The molecule has 0 aliphatic carbocycles. The van der Waals surface area contributed by atoms with Crippen LogP contribution in [0.3, 0.4) is 0 Å². The number of carbonyl (C=O) groups excluding carboxylic acids is 3. The molecule has 2 aliphatic heterocycles. The number of amides is 2. The van der Waals surface area contributed by atoms with Gasteiger partial charge in [0.1, 0.15) is 27.9 Å². The molecule has 0 unspecified atom stereocenters. The maximum absolute atomic E-state index is 14.9. The number of aromatic nitrogens is 1. The first-order valence-electron chi connectivity index (χ1n) is 17.7. The number of hydrogen-bond donors (Lipinski definition) is 0. The number of ether oxygens (including phenoxy) is 2. The predicted molar refractivity (Wildman–Crippen MR) is 186 cm³/mol. The number of rotatable bonds is 12. The minimum Gasteiger partial charge on any atom is -0.493 e. The van der Waals surface area contributed by atoms with Gasteiger partial charge in [0.25, 0.3) is 11.8 Å². The van der Waals surface area contributed by atoms with Gasteiger partial charge in [-0.2, -0.15) is 26.3 Å². The van der Waals surface area contributed by atoms with E-state index in [4.69, 9.17) is 9.47 Å². The summed E-state index contributed by atoms with van der Waals surface area (Å²) in [5, 5.41) is 1.16. The first-order valence-corrected chi connectivity index (χ1v) is 18.6. The number of thiophene rings is 1. The Bertz CT molecular complexity index is 1770. The molecule has 1 aromatic carbocycles. The summed E-state index contributed by atoms with van der Waals surface area (Å²) >= 11 is 0.402. The van der Waals surface area contributed by atoms with Gasteiger partial charge in [-0.05, 0) is 62.6 Å². The van der Waals surface area contributed by atoms with Crippen LogP contribution in [0, 0.1) is 0 Å². The van der Waals surface area contributed by atoms with Gasteiger partial charge in [-0.25, -0.2) is 0 Å². The van der Waals surface area contributed by atoms with E-state index in [1.54, 1.807) is 11.8 Å². The second kappa shape index (κ2) is 16.1. The molecule has 0 saturated carbocycles. The Kier molecular flexibility index (Phi) is 12.1. The molecule has 3 aromatic rings. The fraction of sp³-hybridized carbons (Fsp3) is 0.526. The van der Waals surface area contributed by atoms with Gasteiger partial charge < -0.3 is 24.1 Å². The molecule has 0 spiro atoms. The maximum atomic E-state index is 14.9. The minimum absolute atomic E-state index is 0.00549. The zero-order valence-electron chi connectivity index (χ0n) is 29.8. The Labute approximate surface area is 308 Å². The van der Waals surface area contributed by atoms with Gasteiger partial charge in [0.15, 0.2) is 0 Å². The van der Waals surface area contributed by atoms with Crippen LogP contribution < -0.4 is 9.47 Å². The van der Waals surface area contributed by atoms with Gasteiger partial charge in [0.2, 0.25) is 5.60 Å². The third kappa shape index (κ3) is 8.81. The van der Waals surface area contributed by atoms with Crippen molar-refractivity contribution in [1.82, 2.24) is 14.8 Å². The summed E-state index contributed by atoms with van der Waals surface area (Å²) < 4.78 is 95.6. The lowest BCUT2D eigenvalue weighted by atomic mass is 9.73. The van der Waals surface area contributed by atoms with Crippen molar-refractivity contribution in [2.75, 3.05) is 26.2 Å². The van der Waals surface area contributed by atoms with Crippen LogP contribution in [-0.4, -0.2) is 70.3 Å². The number of alkyl halides is 6. The van der Waals surface area contributed by atoms with Gasteiger partial charge in [0, 0.05) is 55.7 Å². The number of carbonyl (C=O) groups is 3. The number of nitrogens with zero attached hydrogens (tertiary/aromatic N) is 3. The molecule has 0 radical (unpaired) electrons. The van der Waals surface area contributed by atoms with E-state index in [1.165, 1.54) is 11.8 Å². The highest BCUT2D eigenvalue weighted by molar-refractivity contribution is 7.10. The molecular formula is C38H43F6N3O5S.